The van der Waals surface area contributed by atoms with E-state index in [1.165, 1.54) is 5.69 Å². The number of H-pyrrole nitrogens is 1. The second-order valence-corrected chi connectivity index (χ2v) is 8.52. The lowest BCUT2D eigenvalue weighted by Crippen LogP contribution is -2.47. The number of anilines is 1. The number of carbonyl (C=O) groups is 2. The van der Waals surface area contributed by atoms with Gasteiger partial charge in [-0.05, 0) is 55.3 Å². The van der Waals surface area contributed by atoms with Crippen molar-refractivity contribution in [2.45, 2.75) is 12.8 Å². The van der Waals surface area contributed by atoms with Crippen LogP contribution in [0.3, 0.4) is 0 Å². The van der Waals surface area contributed by atoms with Crippen LogP contribution < -0.4 is 15.5 Å². The molecule has 1 saturated heterocycles. The van der Waals surface area contributed by atoms with Crippen molar-refractivity contribution < 1.29 is 9.59 Å². The van der Waals surface area contributed by atoms with Crippen molar-refractivity contribution in [3.05, 3.63) is 65.4 Å². The normalized spacial score (nSPS) is 16.6. The molecule has 32 heavy (non-hydrogen) atoms. The summed E-state index contributed by atoms with van der Waals surface area (Å²) in [5, 5.41) is 6.88. The van der Waals surface area contributed by atoms with Crippen molar-refractivity contribution in [2.24, 2.45) is 0 Å². The van der Waals surface area contributed by atoms with Gasteiger partial charge in [-0.1, -0.05) is 18.2 Å². The number of piperazine rings is 1. The number of nitrogens with one attached hydrogen (secondary N) is 3. The highest BCUT2D eigenvalue weighted by atomic mass is 16.2. The van der Waals surface area contributed by atoms with Crippen LogP contribution in [0.5, 0.6) is 0 Å². The summed E-state index contributed by atoms with van der Waals surface area (Å²) in [5.74, 6) is -0.130. The van der Waals surface area contributed by atoms with Crippen molar-refractivity contribution >= 4 is 28.4 Å². The van der Waals surface area contributed by atoms with Gasteiger partial charge in [0.05, 0.1) is 0 Å². The average molecular weight is 432 g/mol. The van der Waals surface area contributed by atoms with E-state index in [1.54, 1.807) is 0 Å². The summed E-state index contributed by atoms with van der Waals surface area (Å²) in [4.78, 5) is 32.8. The second-order valence-electron chi connectivity index (χ2n) is 8.52. The molecule has 166 valence electrons. The summed E-state index contributed by atoms with van der Waals surface area (Å²) in [7, 11) is 0. The Hall–Kier alpha value is -3.32. The summed E-state index contributed by atoms with van der Waals surface area (Å²) in [6.07, 6.45) is 1.71. The van der Waals surface area contributed by atoms with E-state index in [2.05, 4.69) is 55.7 Å². The van der Waals surface area contributed by atoms with Crippen LogP contribution in [-0.4, -0.2) is 67.5 Å². The maximum atomic E-state index is 12.7. The largest absolute Gasteiger partial charge is 0.369 e. The smallest absolute Gasteiger partial charge is 0.268 e. The van der Waals surface area contributed by atoms with Crippen LogP contribution >= 0.6 is 0 Å². The van der Waals surface area contributed by atoms with Crippen LogP contribution in [0.25, 0.3) is 10.9 Å². The monoisotopic (exact) mass is 431 g/mol. The Morgan fingerprint density at radius 2 is 1.84 bits per heavy atom. The number of hydrogen-bond donors (Lipinski definition) is 3. The standard InChI is InChI=1S/C25H29N5O2/c31-24(18-7-8-22-21(17-18)20-9-11-27-25(32)23(20)28-22)26-10-4-12-29-13-15-30(16-14-29)19-5-2-1-3-6-19/h1-3,5-8,17,28H,4,9-16H2,(H,26,31)(H,27,32). The first kappa shape index (κ1) is 20.6. The topological polar surface area (TPSA) is 80.5 Å². The average Bonchev–Trinajstić information content (AvgIpc) is 3.22. The third kappa shape index (κ3) is 4.21. The van der Waals surface area contributed by atoms with Gasteiger partial charge in [-0.25, -0.2) is 0 Å². The predicted octanol–water partition coefficient (Wildman–Crippen LogP) is 2.40. The molecule has 3 heterocycles. The van der Waals surface area contributed by atoms with E-state index >= 15 is 0 Å². The van der Waals surface area contributed by atoms with Crippen molar-refractivity contribution in [1.29, 1.82) is 0 Å². The van der Waals surface area contributed by atoms with Gasteiger partial charge >= 0.3 is 0 Å². The Morgan fingerprint density at radius 1 is 1.03 bits per heavy atom. The molecule has 7 heteroatoms. The van der Waals surface area contributed by atoms with E-state index in [4.69, 9.17) is 0 Å². The van der Waals surface area contributed by atoms with E-state index in [-0.39, 0.29) is 11.8 Å². The van der Waals surface area contributed by atoms with Crippen molar-refractivity contribution in [3.63, 3.8) is 0 Å². The zero-order chi connectivity index (χ0) is 21.9. The molecular formula is C25H29N5O2. The fraction of sp³-hybridized carbons (Fsp3) is 0.360. The Kier molecular flexibility index (Phi) is 5.81. The zero-order valence-corrected chi connectivity index (χ0v) is 18.2. The van der Waals surface area contributed by atoms with Gasteiger partial charge in [0.25, 0.3) is 11.8 Å². The molecule has 0 unspecified atom stereocenters. The minimum atomic E-state index is -0.0712. The van der Waals surface area contributed by atoms with Gasteiger partial charge in [-0.15, -0.1) is 0 Å². The summed E-state index contributed by atoms with van der Waals surface area (Å²) >= 11 is 0. The first-order valence-corrected chi connectivity index (χ1v) is 11.4. The summed E-state index contributed by atoms with van der Waals surface area (Å²) in [6.45, 7) is 6.45. The van der Waals surface area contributed by atoms with Gasteiger partial charge in [0, 0.05) is 61.4 Å². The molecule has 0 saturated carbocycles. The molecule has 2 amide bonds. The summed E-state index contributed by atoms with van der Waals surface area (Å²) in [6, 6.07) is 16.2. The number of benzene rings is 2. The minimum absolute atomic E-state index is 0.0593. The summed E-state index contributed by atoms with van der Waals surface area (Å²) in [5.41, 5.74) is 4.46. The number of aromatic amines is 1. The molecule has 3 N–H and O–H groups in total. The van der Waals surface area contributed by atoms with E-state index in [0.29, 0.717) is 24.3 Å². The highest BCUT2D eigenvalue weighted by molar-refractivity contribution is 6.04. The lowest BCUT2D eigenvalue weighted by Gasteiger charge is -2.36. The van der Waals surface area contributed by atoms with Crippen LogP contribution in [0.2, 0.25) is 0 Å². The number of rotatable bonds is 6. The van der Waals surface area contributed by atoms with Gasteiger partial charge in [-0.3, -0.25) is 14.5 Å². The van der Waals surface area contributed by atoms with Crippen LogP contribution in [-0.2, 0) is 6.42 Å². The summed E-state index contributed by atoms with van der Waals surface area (Å²) < 4.78 is 0. The van der Waals surface area contributed by atoms with Crippen LogP contribution in [0.4, 0.5) is 5.69 Å². The predicted molar refractivity (Wildman–Crippen MR) is 126 cm³/mol. The first-order chi connectivity index (χ1) is 15.7. The Balaban J connectivity index is 1.10. The molecule has 1 fully saturated rings. The van der Waals surface area contributed by atoms with E-state index in [0.717, 1.165) is 62.0 Å². The first-order valence-electron chi connectivity index (χ1n) is 11.4. The Bertz CT molecular complexity index is 1120. The molecule has 2 aromatic carbocycles. The third-order valence-corrected chi connectivity index (χ3v) is 6.49. The molecule has 0 bridgehead atoms. The van der Waals surface area contributed by atoms with Crippen LogP contribution in [0.15, 0.2) is 48.5 Å². The number of amides is 2. The van der Waals surface area contributed by atoms with Crippen molar-refractivity contribution in [2.75, 3.05) is 50.7 Å². The fourth-order valence-electron chi connectivity index (χ4n) is 4.71. The van der Waals surface area contributed by atoms with E-state index in [1.807, 2.05) is 18.2 Å². The van der Waals surface area contributed by atoms with Gasteiger partial charge in [0.1, 0.15) is 5.69 Å². The van der Waals surface area contributed by atoms with Crippen LogP contribution in [0.1, 0.15) is 32.8 Å². The molecular weight excluding hydrogens is 402 g/mol. The molecule has 0 radical (unpaired) electrons. The second kappa shape index (κ2) is 9.04. The molecule has 2 aliphatic heterocycles. The minimum Gasteiger partial charge on any atom is -0.369 e. The Labute approximate surface area is 187 Å². The van der Waals surface area contributed by atoms with E-state index < -0.39 is 0 Å². The fourth-order valence-corrected chi connectivity index (χ4v) is 4.71. The van der Waals surface area contributed by atoms with Crippen molar-refractivity contribution in [3.8, 4) is 0 Å². The molecule has 2 aliphatic rings. The SMILES string of the molecule is O=C(NCCCN1CCN(c2ccccc2)CC1)c1ccc2[nH]c3c(c2c1)CCNC3=O. The third-order valence-electron chi connectivity index (χ3n) is 6.49. The molecule has 0 atom stereocenters. The molecule has 7 nitrogen and oxygen atoms in total. The Morgan fingerprint density at radius 3 is 2.66 bits per heavy atom. The number of carbonyl (C=O) groups excluding carboxylic acids is 2. The lowest BCUT2D eigenvalue weighted by molar-refractivity contribution is 0.0937. The van der Waals surface area contributed by atoms with Gasteiger partial charge in [0.2, 0.25) is 0 Å². The molecule has 5 rings (SSSR count). The van der Waals surface area contributed by atoms with Crippen LogP contribution in [0, 0.1) is 0 Å². The number of fused-ring (bicyclic) bond motifs is 3. The van der Waals surface area contributed by atoms with Crippen molar-refractivity contribution in [1.82, 2.24) is 20.5 Å². The van der Waals surface area contributed by atoms with Gasteiger partial charge in [-0.2, -0.15) is 0 Å². The van der Waals surface area contributed by atoms with E-state index in [9.17, 15) is 9.59 Å². The van der Waals surface area contributed by atoms with Gasteiger partial charge in [0.15, 0.2) is 0 Å². The highest BCUT2D eigenvalue weighted by Crippen LogP contribution is 2.26. The zero-order valence-electron chi connectivity index (χ0n) is 18.2. The number of para-hydroxylation sites is 1. The molecule has 1 aromatic heterocycles. The lowest BCUT2D eigenvalue weighted by atomic mass is 10.0. The number of aromatic nitrogens is 1. The molecule has 0 spiro atoms. The molecule has 3 aromatic rings. The highest BCUT2D eigenvalue weighted by Gasteiger charge is 2.22. The van der Waals surface area contributed by atoms with Gasteiger partial charge < -0.3 is 20.5 Å². The number of nitrogens with zero attached hydrogens (tertiary/aromatic N) is 2. The maximum Gasteiger partial charge on any atom is 0.268 e. The quantitative estimate of drug-likeness (QED) is 0.524. The molecule has 0 aliphatic carbocycles. The maximum absolute atomic E-state index is 12.7. The number of hydrogen-bond acceptors (Lipinski definition) is 4.